The number of amides is 4. The second-order valence-electron chi connectivity index (χ2n) is 13.8. The van der Waals surface area contributed by atoms with E-state index in [-0.39, 0.29) is 36.2 Å². The first kappa shape index (κ1) is 31.6. The zero-order valence-corrected chi connectivity index (χ0v) is 27.5. The minimum atomic E-state index is -0.449. The van der Waals surface area contributed by atoms with E-state index in [9.17, 15) is 14.4 Å². The number of nitrogens with zero attached hydrogens (tertiary/aromatic N) is 5. The maximum atomic E-state index is 14.3. The number of rotatable bonds is 7. The molecule has 4 amide bonds. The Morgan fingerprint density at radius 2 is 1.62 bits per heavy atom. The molecule has 2 atom stereocenters. The highest BCUT2D eigenvalue weighted by Crippen LogP contribution is 2.33. The molecule has 0 saturated carbocycles. The molecule has 47 heavy (non-hydrogen) atoms. The fourth-order valence-corrected chi connectivity index (χ4v) is 8.17. The molecule has 5 heterocycles. The molecule has 0 bridgehead atoms. The van der Waals surface area contributed by atoms with E-state index in [1.165, 1.54) is 0 Å². The number of H-pyrrole nitrogens is 1. The first-order valence-corrected chi connectivity index (χ1v) is 17.5. The summed E-state index contributed by atoms with van der Waals surface area (Å²) in [5.41, 5.74) is 4.05. The number of anilines is 1. The number of benzene rings is 2. The quantitative estimate of drug-likeness (QED) is 0.363. The maximum Gasteiger partial charge on any atom is 0.322 e. The topological polar surface area (TPSA) is 117 Å². The van der Waals surface area contributed by atoms with Gasteiger partial charge in [-0.05, 0) is 67.3 Å². The van der Waals surface area contributed by atoms with E-state index in [1.54, 1.807) is 0 Å². The third kappa shape index (κ3) is 6.87. The van der Waals surface area contributed by atoms with Crippen LogP contribution in [0.15, 0.2) is 48.7 Å². The maximum absolute atomic E-state index is 14.3. The number of hydrogen-bond donors (Lipinski definition) is 3. The summed E-state index contributed by atoms with van der Waals surface area (Å²) in [5, 5.41) is 14.7. The lowest BCUT2D eigenvalue weighted by Gasteiger charge is -2.42. The SMILES string of the molecule is CC(c1ccc2[nH]ncc2c1)C(CC(=O)N1CCC(N2CCc3ccccc3NC2=O)CC1)C(=O)N1CCC(N2CCNCC2)CC1. The zero-order valence-electron chi connectivity index (χ0n) is 27.5. The van der Waals surface area contributed by atoms with Crippen LogP contribution in [0, 0.1) is 5.92 Å². The van der Waals surface area contributed by atoms with Gasteiger partial charge in [0.2, 0.25) is 11.8 Å². The van der Waals surface area contributed by atoms with Crippen LogP contribution in [0.2, 0.25) is 0 Å². The van der Waals surface area contributed by atoms with Gasteiger partial charge in [0.25, 0.3) is 0 Å². The van der Waals surface area contributed by atoms with Crippen LogP contribution < -0.4 is 10.6 Å². The summed E-state index contributed by atoms with van der Waals surface area (Å²) in [6.07, 6.45) is 6.23. The van der Waals surface area contributed by atoms with Crippen molar-refractivity contribution in [2.45, 2.75) is 63.5 Å². The van der Waals surface area contributed by atoms with Crippen LogP contribution in [0.25, 0.3) is 10.9 Å². The fraction of sp³-hybridized carbons (Fsp3) is 0.556. The summed E-state index contributed by atoms with van der Waals surface area (Å²) in [6.45, 7) is 9.59. The standard InChI is InChI=1S/C36H48N8O3/c1-25(27-6-7-33-28(22-27)24-38-40-33)31(35(46)43-17-9-29(10-18-43)41-20-13-37-14-21-41)23-34(45)42-15-11-30(12-16-42)44-19-8-26-4-2-3-5-32(26)39-36(44)47/h2-7,22,24-25,29-31,37H,8-21,23H2,1H3,(H,38,40)(H,39,47). The van der Waals surface area contributed by atoms with E-state index >= 15 is 0 Å². The molecule has 4 aliphatic rings. The Labute approximate surface area is 277 Å². The number of fused-ring (bicyclic) bond motifs is 2. The second-order valence-corrected chi connectivity index (χ2v) is 13.8. The minimum Gasteiger partial charge on any atom is -0.343 e. The van der Waals surface area contributed by atoms with Gasteiger partial charge in [-0.1, -0.05) is 31.2 Å². The molecule has 0 radical (unpaired) electrons. The number of nitrogens with one attached hydrogen (secondary N) is 3. The zero-order chi connectivity index (χ0) is 32.3. The van der Waals surface area contributed by atoms with Gasteiger partial charge in [-0.3, -0.25) is 19.6 Å². The number of hydrogen-bond acceptors (Lipinski definition) is 6. The molecule has 250 valence electrons. The van der Waals surface area contributed by atoms with Crippen LogP contribution in [0.3, 0.4) is 0 Å². The molecular formula is C36H48N8O3. The summed E-state index contributed by atoms with van der Waals surface area (Å²) in [4.78, 5) is 49.8. The molecule has 11 heteroatoms. The third-order valence-corrected chi connectivity index (χ3v) is 11.1. The van der Waals surface area contributed by atoms with E-state index in [2.05, 4.69) is 50.9 Å². The summed E-state index contributed by atoms with van der Waals surface area (Å²) in [5.74, 6) is -0.458. The van der Waals surface area contributed by atoms with E-state index in [4.69, 9.17) is 0 Å². The number of urea groups is 1. The predicted octanol–water partition coefficient (Wildman–Crippen LogP) is 3.65. The van der Waals surface area contributed by atoms with Crippen molar-refractivity contribution in [3.8, 4) is 0 Å². The molecular weight excluding hydrogens is 592 g/mol. The van der Waals surface area contributed by atoms with Gasteiger partial charge in [-0.2, -0.15) is 5.10 Å². The second kappa shape index (κ2) is 14.0. The first-order valence-electron chi connectivity index (χ1n) is 17.5. The van der Waals surface area contributed by atoms with Crippen LogP contribution >= 0.6 is 0 Å². The van der Waals surface area contributed by atoms with E-state index < -0.39 is 5.92 Å². The van der Waals surface area contributed by atoms with Crippen molar-refractivity contribution in [3.05, 3.63) is 59.8 Å². The number of piperidine rings is 2. The molecule has 3 fully saturated rings. The highest BCUT2D eigenvalue weighted by Gasteiger charge is 2.37. The lowest BCUT2D eigenvalue weighted by Crippen LogP contribution is -2.53. The van der Waals surface area contributed by atoms with Crippen LogP contribution in [-0.2, 0) is 16.0 Å². The number of carbonyl (C=O) groups excluding carboxylic acids is 3. The van der Waals surface area contributed by atoms with Gasteiger partial charge in [0.1, 0.15) is 0 Å². The lowest BCUT2D eigenvalue weighted by atomic mass is 9.83. The number of para-hydroxylation sites is 1. The van der Waals surface area contributed by atoms with Crippen LogP contribution in [-0.4, -0.2) is 119 Å². The van der Waals surface area contributed by atoms with Gasteiger partial charge >= 0.3 is 6.03 Å². The molecule has 2 unspecified atom stereocenters. The Bertz CT molecular complexity index is 1570. The van der Waals surface area contributed by atoms with Gasteiger partial charge in [0.15, 0.2) is 0 Å². The smallest absolute Gasteiger partial charge is 0.322 e. The van der Waals surface area contributed by atoms with Crippen molar-refractivity contribution in [1.29, 1.82) is 0 Å². The Hall–Kier alpha value is -3.96. The summed E-state index contributed by atoms with van der Waals surface area (Å²) >= 11 is 0. The van der Waals surface area contributed by atoms with Crippen LogP contribution in [0.5, 0.6) is 0 Å². The van der Waals surface area contributed by atoms with Gasteiger partial charge in [0.05, 0.1) is 17.6 Å². The largest absolute Gasteiger partial charge is 0.343 e. The molecule has 1 aromatic heterocycles. The van der Waals surface area contributed by atoms with Crippen LogP contribution in [0.1, 0.15) is 56.1 Å². The third-order valence-electron chi connectivity index (χ3n) is 11.1. The molecule has 3 N–H and O–H groups in total. The van der Waals surface area contributed by atoms with Crippen molar-refractivity contribution >= 4 is 34.4 Å². The molecule has 11 nitrogen and oxygen atoms in total. The number of piperazine rings is 1. The van der Waals surface area contributed by atoms with Crippen molar-refractivity contribution < 1.29 is 14.4 Å². The summed E-state index contributed by atoms with van der Waals surface area (Å²) in [6, 6.07) is 14.7. The molecule has 7 rings (SSSR count). The Morgan fingerprint density at radius 3 is 2.40 bits per heavy atom. The van der Waals surface area contributed by atoms with Crippen LogP contribution in [0.4, 0.5) is 10.5 Å². The van der Waals surface area contributed by atoms with E-state index in [0.29, 0.717) is 25.7 Å². The molecule has 4 aliphatic heterocycles. The summed E-state index contributed by atoms with van der Waals surface area (Å²) in [7, 11) is 0. The fourth-order valence-electron chi connectivity index (χ4n) is 8.17. The van der Waals surface area contributed by atoms with E-state index in [1.807, 2.05) is 45.2 Å². The van der Waals surface area contributed by atoms with Crippen molar-refractivity contribution in [1.82, 2.24) is 35.1 Å². The molecule has 0 aliphatic carbocycles. The highest BCUT2D eigenvalue weighted by atomic mass is 16.2. The number of aromatic nitrogens is 2. The lowest BCUT2D eigenvalue weighted by molar-refractivity contribution is -0.143. The van der Waals surface area contributed by atoms with Crippen molar-refractivity contribution in [2.75, 3.05) is 64.2 Å². The predicted molar refractivity (Wildman–Crippen MR) is 182 cm³/mol. The minimum absolute atomic E-state index is 0.0291. The Kier molecular flexibility index (Phi) is 9.44. The monoisotopic (exact) mass is 640 g/mol. The number of carbonyl (C=O) groups is 3. The average Bonchev–Trinajstić information content (AvgIpc) is 3.52. The van der Waals surface area contributed by atoms with Gasteiger partial charge in [-0.15, -0.1) is 0 Å². The normalized spacial score (nSPS) is 21.6. The molecule has 3 saturated heterocycles. The first-order chi connectivity index (χ1) is 22.9. The van der Waals surface area contributed by atoms with Crippen molar-refractivity contribution in [3.63, 3.8) is 0 Å². The van der Waals surface area contributed by atoms with Gasteiger partial charge in [0, 0.05) is 88.5 Å². The van der Waals surface area contributed by atoms with Crippen molar-refractivity contribution in [2.24, 2.45) is 5.92 Å². The molecule has 2 aromatic carbocycles. The summed E-state index contributed by atoms with van der Waals surface area (Å²) < 4.78 is 0. The van der Waals surface area contributed by atoms with E-state index in [0.717, 1.165) is 99.1 Å². The van der Waals surface area contributed by atoms with Gasteiger partial charge < -0.3 is 25.3 Å². The molecule has 0 spiro atoms. The molecule has 3 aromatic rings. The Balaban J connectivity index is 1.01. The number of aromatic amines is 1. The average molecular weight is 641 g/mol. The number of likely N-dealkylation sites (tertiary alicyclic amines) is 2. The highest BCUT2D eigenvalue weighted by molar-refractivity contribution is 5.91. The Morgan fingerprint density at radius 1 is 0.894 bits per heavy atom. The van der Waals surface area contributed by atoms with Gasteiger partial charge in [-0.25, -0.2) is 4.79 Å².